The number of carbonyl (C=O) groups excluding carboxylic acids is 3. The molecule has 10 heteroatoms. The number of anilines is 1. The van der Waals surface area contributed by atoms with Gasteiger partial charge in [-0.05, 0) is 19.1 Å². The van der Waals surface area contributed by atoms with Crippen LogP contribution in [0, 0.1) is 6.92 Å². The van der Waals surface area contributed by atoms with E-state index >= 15 is 0 Å². The highest BCUT2D eigenvalue weighted by Gasteiger charge is 2.41. The Morgan fingerprint density at radius 2 is 1.96 bits per heavy atom. The van der Waals surface area contributed by atoms with Crippen molar-refractivity contribution in [2.24, 2.45) is 0 Å². The van der Waals surface area contributed by atoms with E-state index < -0.39 is 28.4 Å². The van der Waals surface area contributed by atoms with Crippen molar-refractivity contribution in [3.05, 3.63) is 40.4 Å². The molecule has 0 bridgehead atoms. The second-order valence-electron chi connectivity index (χ2n) is 5.35. The van der Waals surface area contributed by atoms with Crippen LogP contribution in [0.4, 0.5) is 5.13 Å². The summed E-state index contributed by atoms with van der Waals surface area (Å²) >= 11 is 0.996. The first-order chi connectivity index (χ1) is 11.7. The van der Waals surface area contributed by atoms with Crippen molar-refractivity contribution in [1.82, 2.24) is 9.29 Å². The number of sulfonamides is 1. The van der Waals surface area contributed by atoms with Crippen LogP contribution in [0.1, 0.15) is 32.6 Å². The largest absolute Gasteiger partial charge is 0.300 e. The van der Waals surface area contributed by atoms with Gasteiger partial charge < -0.3 is 5.32 Å². The Morgan fingerprint density at radius 3 is 2.56 bits per heavy atom. The molecule has 0 radical (unpaired) electrons. The molecule has 0 atom stereocenters. The fourth-order valence-corrected chi connectivity index (χ4v) is 4.86. The molecular formula is C15H13N3O5S2. The van der Waals surface area contributed by atoms with Gasteiger partial charge in [0.05, 0.1) is 16.1 Å². The first kappa shape index (κ1) is 17.2. The highest BCUT2D eigenvalue weighted by Crippen LogP contribution is 2.30. The Hall–Kier alpha value is -2.59. The van der Waals surface area contributed by atoms with Crippen molar-refractivity contribution < 1.29 is 22.8 Å². The lowest BCUT2D eigenvalue weighted by atomic mass is 10.2. The summed E-state index contributed by atoms with van der Waals surface area (Å²) in [6.45, 7) is 2.36. The van der Waals surface area contributed by atoms with E-state index in [0.29, 0.717) is 14.9 Å². The second kappa shape index (κ2) is 6.05. The summed E-state index contributed by atoms with van der Waals surface area (Å²) in [5.41, 5.74) is 0.518. The number of Topliss-reactive ketones (excluding diaryl/α,β-unsaturated/α-hetero) is 1. The van der Waals surface area contributed by atoms with Crippen LogP contribution in [0.3, 0.4) is 0 Å². The lowest BCUT2D eigenvalue weighted by Gasteiger charge is -2.13. The SMILES string of the molecule is CC(=O)c1sc(NC(=O)CN2C(=O)c3ccccc3S2(=O)=O)nc1C. The summed E-state index contributed by atoms with van der Waals surface area (Å²) in [6.07, 6.45) is 0. The number of benzene rings is 1. The zero-order valence-electron chi connectivity index (χ0n) is 13.3. The van der Waals surface area contributed by atoms with Gasteiger partial charge in [0.25, 0.3) is 15.9 Å². The number of hydrogen-bond donors (Lipinski definition) is 1. The van der Waals surface area contributed by atoms with Gasteiger partial charge in [0, 0.05) is 6.92 Å². The lowest BCUT2D eigenvalue weighted by molar-refractivity contribution is -0.116. The molecule has 0 spiro atoms. The molecule has 25 heavy (non-hydrogen) atoms. The molecule has 3 rings (SSSR count). The van der Waals surface area contributed by atoms with Crippen LogP contribution >= 0.6 is 11.3 Å². The summed E-state index contributed by atoms with van der Waals surface area (Å²) in [5.74, 6) is -1.64. The number of fused-ring (bicyclic) bond motifs is 1. The second-order valence-corrected chi connectivity index (χ2v) is 8.18. The molecule has 0 fully saturated rings. The fourth-order valence-electron chi connectivity index (χ4n) is 2.45. The van der Waals surface area contributed by atoms with Crippen molar-refractivity contribution in [3.8, 4) is 0 Å². The zero-order valence-corrected chi connectivity index (χ0v) is 14.9. The maximum absolute atomic E-state index is 12.4. The topological polar surface area (TPSA) is 114 Å². The molecular weight excluding hydrogens is 366 g/mol. The lowest BCUT2D eigenvalue weighted by Crippen LogP contribution is -2.37. The number of nitrogens with one attached hydrogen (secondary N) is 1. The Morgan fingerprint density at radius 1 is 1.28 bits per heavy atom. The van der Waals surface area contributed by atoms with Crippen LogP contribution in [0.15, 0.2) is 29.2 Å². The minimum Gasteiger partial charge on any atom is -0.300 e. The van der Waals surface area contributed by atoms with Crippen LogP contribution in [0.2, 0.25) is 0 Å². The van der Waals surface area contributed by atoms with Gasteiger partial charge in [-0.15, -0.1) is 0 Å². The number of rotatable bonds is 4. The van der Waals surface area contributed by atoms with E-state index in [4.69, 9.17) is 0 Å². The molecule has 0 unspecified atom stereocenters. The first-order valence-corrected chi connectivity index (χ1v) is 9.42. The Kier molecular flexibility index (Phi) is 4.17. The molecule has 1 aromatic carbocycles. The molecule has 0 aliphatic carbocycles. The zero-order chi connectivity index (χ0) is 18.4. The third-order valence-electron chi connectivity index (χ3n) is 3.56. The monoisotopic (exact) mass is 379 g/mol. The van der Waals surface area contributed by atoms with Crippen molar-refractivity contribution in [2.45, 2.75) is 18.7 Å². The standard InChI is InChI=1S/C15H13N3O5S2/c1-8-13(9(2)19)24-15(16-8)17-12(20)7-18-14(21)10-5-3-4-6-11(10)25(18,22)23/h3-6H,7H2,1-2H3,(H,16,17,20). The normalized spacial score (nSPS) is 15.1. The van der Waals surface area contributed by atoms with Crippen molar-refractivity contribution in [2.75, 3.05) is 11.9 Å². The van der Waals surface area contributed by atoms with Crippen LogP contribution < -0.4 is 5.32 Å². The van der Waals surface area contributed by atoms with E-state index in [1.807, 2.05) is 0 Å². The summed E-state index contributed by atoms with van der Waals surface area (Å²) in [6, 6.07) is 5.78. The van der Waals surface area contributed by atoms with E-state index in [2.05, 4.69) is 10.3 Å². The summed E-state index contributed by atoms with van der Waals surface area (Å²) < 4.78 is 25.3. The van der Waals surface area contributed by atoms with Gasteiger partial charge in [0.15, 0.2) is 10.9 Å². The third-order valence-corrected chi connectivity index (χ3v) is 6.52. The predicted molar refractivity (Wildman–Crippen MR) is 90.1 cm³/mol. The molecule has 0 saturated heterocycles. The number of carbonyl (C=O) groups is 3. The highest BCUT2D eigenvalue weighted by atomic mass is 32.2. The Labute approximate surface area is 147 Å². The molecule has 1 aromatic heterocycles. The number of nitrogens with zero attached hydrogens (tertiary/aromatic N) is 2. The first-order valence-electron chi connectivity index (χ1n) is 7.16. The number of thiazole rings is 1. The molecule has 130 valence electrons. The number of amides is 2. The number of hydrogen-bond acceptors (Lipinski definition) is 7. The number of aryl methyl sites for hydroxylation is 1. The molecule has 2 heterocycles. The minimum atomic E-state index is -4.05. The van der Waals surface area contributed by atoms with Gasteiger partial charge in [-0.3, -0.25) is 14.4 Å². The van der Waals surface area contributed by atoms with E-state index in [9.17, 15) is 22.8 Å². The Balaban J connectivity index is 1.79. The maximum atomic E-state index is 12.4. The Bertz CT molecular complexity index is 1010. The molecule has 1 aliphatic rings. The van der Waals surface area contributed by atoms with Gasteiger partial charge in [0.2, 0.25) is 5.91 Å². The average molecular weight is 379 g/mol. The van der Waals surface area contributed by atoms with Crippen LogP contribution in [-0.4, -0.2) is 41.8 Å². The predicted octanol–water partition coefficient (Wildman–Crippen LogP) is 1.44. The molecule has 0 saturated carbocycles. The van der Waals surface area contributed by atoms with E-state index in [1.54, 1.807) is 13.0 Å². The maximum Gasteiger partial charge on any atom is 0.269 e. The van der Waals surface area contributed by atoms with E-state index in [0.717, 1.165) is 11.3 Å². The van der Waals surface area contributed by atoms with Gasteiger partial charge >= 0.3 is 0 Å². The number of ketones is 1. The highest BCUT2D eigenvalue weighted by molar-refractivity contribution is 7.90. The van der Waals surface area contributed by atoms with E-state index in [1.165, 1.54) is 25.1 Å². The van der Waals surface area contributed by atoms with Crippen molar-refractivity contribution >= 4 is 44.1 Å². The molecule has 8 nitrogen and oxygen atoms in total. The van der Waals surface area contributed by atoms with Crippen LogP contribution in [0.5, 0.6) is 0 Å². The van der Waals surface area contributed by atoms with Gasteiger partial charge in [0.1, 0.15) is 11.4 Å². The van der Waals surface area contributed by atoms with Crippen LogP contribution in [0.25, 0.3) is 0 Å². The minimum absolute atomic E-state index is 0.0410. The average Bonchev–Trinajstić information content (AvgIpc) is 2.99. The third kappa shape index (κ3) is 2.94. The molecule has 2 amide bonds. The van der Waals surface area contributed by atoms with Gasteiger partial charge in [-0.25, -0.2) is 17.7 Å². The molecule has 2 aromatic rings. The summed E-state index contributed by atoms with van der Waals surface area (Å²) in [4.78, 5) is 40.2. The van der Waals surface area contributed by atoms with E-state index in [-0.39, 0.29) is 21.4 Å². The van der Waals surface area contributed by atoms with Gasteiger partial charge in [-0.2, -0.15) is 0 Å². The molecule has 1 aliphatic heterocycles. The smallest absolute Gasteiger partial charge is 0.269 e. The summed E-state index contributed by atoms with van der Waals surface area (Å²) in [7, 11) is -4.05. The fraction of sp³-hybridized carbons (Fsp3) is 0.200. The quantitative estimate of drug-likeness (QED) is 0.804. The molecule has 1 N–H and O–H groups in total. The van der Waals surface area contributed by atoms with Crippen LogP contribution in [-0.2, 0) is 14.8 Å². The number of aromatic nitrogens is 1. The summed E-state index contributed by atoms with van der Waals surface area (Å²) in [5, 5.41) is 2.60. The van der Waals surface area contributed by atoms with Gasteiger partial charge in [-0.1, -0.05) is 23.5 Å². The van der Waals surface area contributed by atoms with Crippen molar-refractivity contribution in [1.29, 1.82) is 0 Å². The van der Waals surface area contributed by atoms with Crippen molar-refractivity contribution in [3.63, 3.8) is 0 Å².